The molecule has 6 nitrogen and oxygen atoms in total. The fraction of sp³-hybridized carbons (Fsp3) is 0.188. The Balaban J connectivity index is 2.30. The number of nitro benzene ring substituents is 1. The molecule has 2 aromatic rings. The highest BCUT2D eigenvalue weighted by molar-refractivity contribution is 9.10. The highest BCUT2D eigenvalue weighted by Gasteiger charge is 2.16. The third kappa shape index (κ3) is 4.07. The molecule has 0 aliphatic heterocycles. The van der Waals surface area contributed by atoms with E-state index in [9.17, 15) is 14.9 Å². The average molecular weight is 378 g/mol. The minimum Gasteiger partial charge on any atom is -0.380 e. The molecule has 0 radical (unpaired) electrons. The molecular weight excluding hydrogens is 362 g/mol. The van der Waals surface area contributed by atoms with E-state index < -0.39 is 4.92 Å². The molecule has 7 heteroatoms. The minimum atomic E-state index is -0.519. The van der Waals surface area contributed by atoms with Gasteiger partial charge < -0.3 is 10.6 Å². The molecule has 120 valence electrons. The maximum absolute atomic E-state index is 12.0. The zero-order valence-electron chi connectivity index (χ0n) is 12.7. The van der Waals surface area contributed by atoms with Crippen molar-refractivity contribution in [3.8, 4) is 0 Å². The van der Waals surface area contributed by atoms with E-state index in [2.05, 4.69) is 26.6 Å². The van der Waals surface area contributed by atoms with Crippen LogP contribution in [0.25, 0.3) is 0 Å². The molecule has 2 N–H and O–H groups in total. The van der Waals surface area contributed by atoms with E-state index in [1.165, 1.54) is 19.2 Å². The van der Waals surface area contributed by atoms with Crippen LogP contribution >= 0.6 is 15.9 Å². The Morgan fingerprint density at radius 2 is 2.00 bits per heavy atom. The number of non-ortho nitro benzene ring substituents is 1. The number of carbonyl (C=O) groups is 1. The number of nitrogens with one attached hydrogen (secondary N) is 2. The molecule has 0 bridgehead atoms. The van der Waals surface area contributed by atoms with Crippen molar-refractivity contribution in [3.05, 3.63) is 67.7 Å². The predicted octanol–water partition coefficient (Wildman–Crippen LogP) is 3.64. The van der Waals surface area contributed by atoms with E-state index in [4.69, 9.17) is 0 Å². The molecule has 0 saturated heterocycles. The summed E-state index contributed by atoms with van der Waals surface area (Å²) >= 11 is 3.43. The summed E-state index contributed by atoms with van der Waals surface area (Å²) in [6.45, 7) is 2.51. The zero-order valence-corrected chi connectivity index (χ0v) is 14.3. The topological polar surface area (TPSA) is 84.3 Å². The van der Waals surface area contributed by atoms with E-state index in [1.54, 1.807) is 6.07 Å². The first-order valence-electron chi connectivity index (χ1n) is 6.92. The van der Waals surface area contributed by atoms with Crippen LogP contribution in [0.2, 0.25) is 0 Å². The highest BCUT2D eigenvalue weighted by atomic mass is 79.9. The first kappa shape index (κ1) is 17.0. The number of halogens is 1. The van der Waals surface area contributed by atoms with Gasteiger partial charge in [-0.2, -0.15) is 0 Å². The lowest BCUT2D eigenvalue weighted by Crippen LogP contribution is -2.20. The number of nitro groups is 1. The number of rotatable bonds is 5. The van der Waals surface area contributed by atoms with E-state index in [-0.39, 0.29) is 17.2 Å². The van der Waals surface area contributed by atoms with Crippen LogP contribution in [0, 0.1) is 17.0 Å². The van der Waals surface area contributed by atoms with Crippen molar-refractivity contribution in [2.75, 3.05) is 12.4 Å². The maximum atomic E-state index is 12.0. The van der Waals surface area contributed by atoms with Crippen LogP contribution in [-0.4, -0.2) is 17.9 Å². The largest absolute Gasteiger partial charge is 0.380 e. The van der Waals surface area contributed by atoms with Gasteiger partial charge in [0.1, 0.15) is 0 Å². The Kier molecular flexibility index (Phi) is 5.33. The molecule has 0 spiro atoms. The first-order valence-corrected chi connectivity index (χ1v) is 7.71. The summed E-state index contributed by atoms with van der Waals surface area (Å²) in [5.41, 5.74) is 2.86. The molecule has 2 rings (SSSR count). The van der Waals surface area contributed by atoms with Crippen LogP contribution in [0.3, 0.4) is 0 Å². The number of benzene rings is 2. The summed E-state index contributed by atoms with van der Waals surface area (Å²) in [7, 11) is 1.49. The van der Waals surface area contributed by atoms with Crippen molar-refractivity contribution in [2.45, 2.75) is 13.5 Å². The lowest BCUT2D eigenvalue weighted by molar-refractivity contribution is -0.384. The first-order chi connectivity index (χ1) is 10.9. The number of carbonyl (C=O) groups excluding carboxylic acids is 1. The van der Waals surface area contributed by atoms with Gasteiger partial charge in [-0.25, -0.2) is 0 Å². The van der Waals surface area contributed by atoms with Crippen LogP contribution in [0.1, 0.15) is 21.5 Å². The second-order valence-electron chi connectivity index (χ2n) is 4.99. The molecule has 0 aliphatic rings. The molecule has 0 aromatic heterocycles. The van der Waals surface area contributed by atoms with Crippen LogP contribution < -0.4 is 10.6 Å². The van der Waals surface area contributed by atoms with Gasteiger partial charge in [0.15, 0.2) is 0 Å². The number of nitrogens with zero attached hydrogens (tertiary/aromatic N) is 1. The van der Waals surface area contributed by atoms with Crippen molar-refractivity contribution < 1.29 is 9.72 Å². The fourth-order valence-electron chi connectivity index (χ4n) is 2.14. The van der Waals surface area contributed by atoms with Crippen molar-refractivity contribution >= 4 is 33.2 Å². The standard InChI is InChI=1S/C16H16BrN3O3/c1-10-3-4-12(17)7-11(10)9-19-15-6-5-13(20(22)23)8-14(15)16(21)18-2/h3-8,19H,9H2,1-2H3,(H,18,21). The zero-order chi connectivity index (χ0) is 17.0. The third-order valence-corrected chi connectivity index (χ3v) is 3.96. The Morgan fingerprint density at radius 1 is 1.26 bits per heavy atom. The summed E-state index contributed by atoms with van der Waals surface area (Å²) < 4.78 is 0.968. The quantitative estimate of drug-likeness (QED) is 0.615. The van der Waals surface area contributed by atoms with E-state index in [0.717, 1.165) is 15.6 Å². The summed E-state index contributed by atoms with van der Waals surface area (Å²) in [5, 5.41) is 16.6. The third-order valence-electron chi connectivity index (χ3n) is 3.47. The Hall–Kier alpha value is -2.41. The van der Waals surface area contributed by atoms with Gasteiger partial charge >= 0.3 is 0 Å². The van der Waals surface area contributed by atoms with Crippen LogP contribution in [0.5, 0.6) is 0 Å². The second-order valence-corrected chi connectivity index (χ2v) is 5.91. The fourth-order valence-corrected chi connectivity index (χ4v) is 2.55. The Bertz CT molecular complexity index is 762. The predicted molar refractivity (Wildman–Crippen MR) is 92.7 cm³/mol. The molecule has 1 amide bonds. The highest BCUT2D eigenvalue weighted by Crippen LogP contribution is 2.24. The molecule has 0 aliphatic carbocycles. The van der Waals surface area contributed by atoms with Crippen LogP contribution in [0.15, 0.2) is 40.9 Å². The molecule has 0 heterocycles. The van der Waals surface area contributed by atoms with Crippen molar-refractivity contribution in [2.24, 2.45) is 0 Å². The lowest BCUT2D eigenvalue weighted by Gasteiger charge is -2.13. The average Bonchev–Trinajstić information content (AvgIpc) is 2.54. The van der Waals surface area contributed by atoms with Crippen molar-refractivity contribution in [1.29, 1.82) is 0 Å². The van der Waals surface area contributed by atoms with E-state index >= 15 is 0 Å². The van der Waals surface area contributed by atoms with Crippen molar-refractivity contribution in [3.63, 3.8) is 0 Å². The van der Waals surface area contributed by atoms with Gasteiger partial charge in [0.25, 0.3) is 11.6 Å². The number of amides is 1. The molecule has 0 atom stereocenters. The van der Waals surface area contributed by atoms with Crippen LogP contribution in [-0.2, 0) is 6.54 Å². The number of hydrogen-bond donors (Lipinski definition) is 2. The maximum Gasteiger partial charge on any atom is 0.270 e. The van der Waals surface area contributed by atoms with Gasteiger partial charge in [-0.15, -0.1) is 0 Å². The smallest absolute Gasteiger partial charge is 0.270 e. The van der Waals surface area contributed by atoms with E-state index in [0.29, 0.717) is 12.2 Å². The minimum absolute atomic E-state index is 0.118. The number of anilines is 1. The van der Waals surface area contributed by atoms with Crippen molar-refractivity contribution in [1.82, 2.24) is 5.32 Å². The molecule has 0 saturated carbocycles. The molecule has 0 unspecified atom stereocenters. The summed E-state index contributed by atoms with van der Waals surface area (Å²) in [5.74, 6) is -0.373. The number of aryl methyl sites for hydroxylation is 1. The Labute approximate surface area is 142 Å². The van der Waals surface area contributed by atoms with Gasteiger partial charge in [-0.05, 0) is 36.2 Å². The monoisotopic (exact) mass is 377 g/mol. The van der Waals surface area contributed by atoms with Crippen LogP contribution in [0.4, 0.5) is 11.4 Å². The molecular formula is C16H16BrN3O3. The summed E-state index contributed by atoms with van der Waals surface area (Å²) in [6, 6.07) is 10.2. The second kappa shape index (κ2) is 7.23. The van der Waals surface area contributed by atoms with Gasteiger partial charge in [0, 0.05) is 35.9 Å². The number of hydrogen-bond acceptors (Lipinski definition) is 4. The lowest BCUT2D eigenvalue weighted by atomic mass is 10.1. The van der Waals surface area contributed by atoms with Gasteiger partial charge in [0.2, 0.25) is 0 Å². The van der Waals surface area contributed by atoms with Gasteiger partial charge in [-0.3, -0.25) is 14.9 Å². The normalized spacial score (nSPS) is 10.2. The summed E-state index contributed by atoms with van der Waals surface area (Å²) in [6.07, 6.45) is 0. The van der Waals surface area contributed by atoms with E-state index in [1.807, 2.05) is 25.1 Å². The Morgan fingerprint density at radius 3 is 2.65 bits per heavy atom. The van der Waals surface area contributed by atoms with Gasteiger partial charge in [-0.1, -0.05) is 22.0 Å². The van der Waals surface area contributed by atoms with Gasteiger partial charge in [0.05, 0.1) is 10.5 Å². The molecule has 0 fully saturated rings. The molecule has 23 heavy (non-hydrogen) atoms. The summed E-state index contributed by atoms with van der Waals surface area (Å²) in [4.78, 5) is 22.3. The SMILES string of the molecule is CNC(=O)c1cc([N+](=O)[O-])ccc1NCc1cc(Br)ccc1C. The molecule has 2 aromatic carbocycles.